The van der Waals surface area contributed by atoms with Gasteiger partial charge in [-0.15, -0.1) is 0 Å². The fourth-order valence-electron chi connectivity index (χ4n) is 5.85. The van der Waals surface area contributed by atoms with Crippen molar-refractivity contribution in [1.29, 1.82) is 0 Å². The lowest BCUT2D eigenvalue weighted by atomic mass is 10.0. The first-order valence-electron chi connectivity index (χ1n) is 17.5. The number of carbonyl (C=O) groups is 2. The predicted molar refractivity (Wildman–Crippen MR) is 209 cm³/mol. The molecule has 0 saturated carbocycles. The van der Waals surface area contributed by atoms with Gasteiger partial charge in [-0.05, 0) is 118 Å². The lowest BCUT2D eigenvalue weighted by Gasteiger charge is -2.24. The highest BCUT2D eigenvalue weighted by atomic mass is 35.5. The Labute approximate surface area is 314 Å². The Bertz CT molecular complexity index is 1980. The summed E-state index contributed by atoms with van der Waals surface area (Å²) >= 11 is 6.18. The number of ether oxygens (including phenoxy) is 4. The van der Waals surface area contributed by atoms with Gasteiger partial charge < -0.3 is 30.4 Å². The quantitative estimate of drug-likeness (QED) is 0.161. The maximum absolute atomic E-state index is 12.8. The molecule has 0 spiro atoms. The van der Waals surface area contributed by atoms with Crippen molar-refractivity contribution in [1.82, 2.24) is 10.0 Å². The summed E-state index contributed by atoms with van der Waals surface area (Å²) in [5.41, 5.74) is 17.0. The number of hydrogen-bond donors (Lipinski definition) is 2. The number of nitrogen functional groups attached to an aromatic ring is 2. The molecule has 278 valence electrons. The van der Waals surface area contributed by atoms with E-state index >= 15 is 0 Å². The van der Waals surface area contributed by atoms with E-state index < -0.39 is 0 Å². The minimum atomic E-state index is -0.240. The van der Waals surface area contributed by atoms with E-state index in [2.05, 4.69) is 10.2 Å². The first-order chi connectivity index (χ1) is 25.6. The van der Waals surface area contributed by atoms with Crippen LogP contribution < -0.4 is 30.4 Å². The molecule has 0 saturated heterocycles. The molecule has 2 amide bonds. The van der Waals surface area contributed by atoms with Gasteiger partial charge in [0.25, 0.3) is 11.8 Å². The number of rotatable bonds is 10. The van der Waals surface area contributed by atoms with Gasteiger partial charge in [0.05, 0.1) is 49.4 Å². The minimum absolute atomic E-state index is 0.124. The summed E-state index contributed by atoms with van der Waals surface area (Å²) in [4.78, 5) is 25.5. The van der Waals surface area contributed by atoms with Crippen LogP contribution in [0.3, 0.4) is 0 Å². The van der Waals surface area contributed by atoms with Crippen LogP contribution in [0.5, 0.6) is 23.0 Å². The summed E-state index contributed by atoms with van der Waals surface area (Å²) in [5, 5.41) is 12.4. The van der Waals surface area contributed by atoms with Gasteiger partial charge in [-0.2, -0.15) is 10.2 Å². The standard InChI is InChI=1S/C20H22ClN3O3.C20H23N3O3/c1-3-27-19-11-13(6-9-18(19)26-2)17-5-4-10-24(23-17)20(25)15-8-7-14(22)12-16(15)21;1-3-26-19-13-15(8-11-18(19)25-2)17-5-4-12-23(22-17)20(24)14-6-9-16(21)10-7-14/h6-9,11-12H,3-5,10,22H2,1-2H3;6-11,13H,3-5,12,21H2,1-2H3. The monoisotopic (exact) mass is 740 g/mol. The molecule has 4 aromatic carbocycles. The Hall–Kier alpha value is -5.75. The number of amides is 2. The third-order valence-corrected chi connectivity index (χ3v) is 8.81. The Balaban J connectivity index is 0.000000204. The molecule has 12 nitrogen and oxygen atoms in total. The average Bonchev–Trinajstić information content (AvgIpc) is 3.18. The molecule has 2 aliphatic heterocycles. The van der Waals surface area contributed by atoms with Crippen molar-refractivity contribution in [2.75, 3.05) is 52.0 Å². The van der Waals surface area contributed by atoms with Crippen LogP contribution in [0.2, 0.25) is 5.02 Å². The zero-order valence-electron chi connectivity index (χ0n) is 30.4. The molecule has 13 heteroatoms. The lowest BCUT2D eigenvalue weighted by molar-refractivity contribution is 0.0744. The highest BCUT2D eigenvalue weighted by molar-refractivity contribution is 6.34. The molecule has 4 N–H and O–H groups in total. The normalized spacial score (nSPS) is 13.9. The van der Waals surface area contributed by atoms with Crippen molar-refractivity contribution >= 4 is 46.2 Å². The SMILES string of the molecule is CCOc1cc(C2=NN(C(=O)c3ccc(N)cc3)CCC2)ccc1OC.CCOc1cc(C2=NN(C(=O)c3ccc(N)cc3Cl)CCC2)ccc1OC. The van der Waals surface area contributed by atoms with Crippen molar-refractivity contribution in [2.45, 2.75) is 39.5 Å². The molecule has 6 rings (SSSR count). The number of nitrogens with two attached hydrogens (primary N) is 2. The van der Waals surface area contributed by atoms with Crippen molar-refractivity contribution in [2.24, 2.45) is 10.2 Å². The molecule has 2 heterocycles. The van der Waals surface area contributed by atoms with Crippen LogP contribution in [-0.4, -0.2) is 73.8 Å². The van der Waals surface area contributed by atoms with Crippen molar-refractivity contribution < 1.29 is 28.5 Å². The van der Waals surface area contributed by atoms with E-state index in [0.29, 0.717) is 76.8 Å². The van der Waals surface area contributed by atoms with Crippen molar-refractivity contribution in [3.05, 3.63) is 106 Å². The van der Waals surface area contributed by atoms with Gasteiger partial charge in [-0.1, -0.05) is 11.6 Å². The Morgan fingerprint density at radius 2 is 1.15 bits per heavy atom. The molecule has 0 atom stereocenters. The van der Waals surface area contributed by atoms with Gasteiger partial charge in [-0.3, -0.25) is 9.59 Å². The molecule has 0 aliphatic carbocycles. The molecular weight excluding hydrogens is 696 g/mol. The van der Waals surface area contributed by atoms with E-state index in [1.165, 1.54) is 10.0 Å². The number of nitrogens with zero attached hydrogens (tertiary/aromatic N) is 4. The van der Waals surface area contributed by atoms with E-state index in [0.717, 1.165) is 48.2 Å². The van der Waals surface area contributed by atoms with E-state index in [4.69, 9.17) is 42.0 Å². The average molecular weight is 741 g/mol. The zero-order chi connectivity index (χ0) is 37.9. The maximum Gasteiger partial charge on any atom is 0.275 e. The number of methoxy groups -OCH3 is 2. The van der Waals surface area contributed by atoms with Crippen LogP contribution in [0.25, 0.3) is 0 Å². The molecule has 2 aliphatic rings. The first-order valence-corrected chi connectivity index (χ1v) is 17.8. The third kappa shape index (κ3) is 9.58. The topological polar surface area (TPSA) is 154 Å². The number of halogens is 1. The zero-order valence-corrected chi connectivity index (χ0v) is 31.2. The molecule has 0 radical (unpaired) electrons. The highest BCUT2D eigenvalue weighted by Gasteiger charge is 2.24. The molecule has 4 aromatic rings. The number of carbonyl (C=O) groups excluding carboxylic acids is 2. The second-order valence-electron chi connectivity index (χ2n) is 12.1. The Morgan fingerprint density at radius 3 is 1.62 bits per heavy atom. The van der Waals surface area contributed by atoms with Gasteiger partial charge >= 0.3 is 0 Å². The predicted octanol–water partition coefficient (Wildman–Crippen LogP) is 7.29. The lowest BCUT2D eigenvalue weighted by Crippen LogP contribution is -2.32. The molecule has 0 unspecified atom stereocenters. The van der Waals surface area contributed by atoms with E-state index in [1.54, 1.807) is 56.7 Å². The van der Waals surface area contributed by atoms with Gasteiger partial charge in [-0.25, -0.2) is 10.0 Å². The van der Waals surface area contributed by atoms with Gasteiger partial charge in [0, 0.05) is 41.2 Å². The van der Waals surface area contributed by atoms with Gasteiger partial charge in [0.15, 0.2) is 23.0 Å². The number of hydrazone groups is 2. The second kappa shape index (κ2) is 18.1. The van der Waals surface area contributed by atoms with Crippen molar-refractivity contribution in [3.8, 4) is 23.0 Å². The Morgan fingerprint density at radius 1 is 0.660 bits per heavy atom. The van der Waals surface area contributed by atoms with Crippen LogP contribution >= 0.6 is 11.6 Å². The highest BCUT2D eigenvalue weighted by Crippen LogP contribution is 2.31. The number of benzene rings is 4. The summed E-state index contributed by atoms with van der Waals surface area (Å²) in [5.74, 6) is 2.32. The summed E-state index contributed by atoms with van der Waals surface area (Å²) in [6, 6.07) is 23.1. The van der Waals surface area contributed by atoms with Crippen LogP contribution in [0.15, 0.2) is 89.1 Å². The number of hydrogen-bond acceptors (Lipinski definition) is 10. The second-order valence-corrected chi connectivity index (χ2v) is 12.5. The summed E-state index contributed by atoms with van der Waals surface area (Å²) in [6.07, 6.45) is 3.25. The van der Waals surface area contributed by atoms with Crippen LogP contribution in [0.1, 0.15) is 71.4 Å². The van der Waals surface area contributed by atoms with Crippen LogP contribution in [0.4, 0.5) is 11.4 Å². The van der Waals surface area contributed by atoms with Crippen molar-refractivity contribution in [3.63, 3.8) is 0 Å². The summed E-state index contributed by atoms with van der Waals surface area (Å²) < 4.78 is 21.9. The first kappa shape index (κ1) is 38.5. The summed E-state index contributed by atoms with van der Waals surface area (Å²) in [6.45, 7) is 6.07. The van der Waals surface area contributed by atoms with E-state index in [9.17, 15) is 9.59 Å². The van der Waals surface area contributed by atoms with E-state index in [-0.39, 0.29) is 11.8 Å². The van der Waals surface area contributed by atoms with Gasteiger partial charge in [0.1, 0.15) is 0 Å². The fraction of sp³-hybridized carbons (Fsp3) is 0.300. The van der Waals surface area contributed by atoms with Crippen LogP contribution in [-0.2, 0) is 0 Å². The number of anilines is 2. The molecular formula is C40H45ClN6O6. The Kier molecular flexibility index (Phi) is 13.2. The van der Waals surface area contributed by atoms with Crippen LogP contribution in [0, 0.1) is 0 Å². The molecule has 0 aromatic heterocycles. The fourth-order valence-corrected chi connectivity index (χ4v) is 6.12. The van der Waals surface area contributed by atoms with E-state index in [1.807, 2.05) is 50.2 Å². The smallest absolute Gasteiger partial charge is 0.275 e. The molecule has 53 heavy (non-hydrogen) atoms. The molecule has 0 fully saturated rings. The third-order valence-electron chi connectivity index (χ3n) is 8.49. The largest absolute Gasteiger partial charge is 0.493 e. The summed E-state index contributed by atoms with van der Waals surface area (Å²) in [7, 11) is 3.22. The molecule has 0 bridgehead atoms. The van der Waals surface area contributed by atoms with Gasteiger partial charge in [0.2, 0.25) is 0 Å². The minimum Gasteiger partial charge on any atom is -0.493 e. The maximum atomic E-state index is 12.8.